The van der Waals surface area contributed by atoms with Crippen LogP contribution < -0.4 is 5.73 Å². The molecule has 0 radical (unpaired) electrons. The van der Waals surface area contributed by atoms with Crippen molar-refractivity contribution in [2.75, 3.05) is 0 Å². The second-order valence-corrected chi connectivity index (χ2v) is 6.65. The molecule has 4 nitrogen and oxygen atoms in total. The van der Waals surface area contributed by atoms with E-state index in [1.54, 1.807) is 6.92 Å². The van der Waals surface area contributed by atoms with Gasteiger partial charge in [0.15, 0.2) is 0 Å². The quantitative estimate of drug-likeness (QED) is 0.752. The number of carbonyl (C=O) groups is 2. The van der Waals surface area contributed by atoms with E-state index in [-0.39, 0.29) is 5.41 Å². The molecule has 0 aliphatic heterocycles. The molecule has 0 atom stereocenters. The molecule has 0 unspecified atom stereocenters. The Bertz CT molecular complexity index is 366. The minimum Gasteiger partial charge on any atom is -0.481 e. The van der Waals surface area contributed by atoms with Crippen molar-refractivity contribution in [2.45, 2.75) is 45.4 Å². The topological polar surface area (TPSA) is 80.4 Å². The molecule has 4 aliphatic rings. The average molecular weight is 265 g/mol. The van der Waals surface area contributed by atoms with Gasteiger partial charge in [-0.25, -0.2) is 0 Å². The van der Waals surface area contributed by atoms with Crippen molar-refractivity contribution in [3.8, 4) is 0 Å². The molecule has 0 aromatic heterocycles. The summed E-state index contributed by atoms with van der Waals surface area (Å²) < 4.78 is 0. The Kier molecular flexibility index (Phi) is 3.70. The number of hydrogen-bond donors (Lipinski definition) is 2. The van der Waals surface area contributed by atoms with Crippen molar-refractivity contribution in [1.82, 2.24) is 0 Å². The van der Waals surface area contributed by atoms with E-state index in [4.69, 9.17) is 5.73 Å². The van der Waals surface area contributed by atoms with Gasteiger partial charge in [0.1, 0.15) is 0 Å². The molecule has 4 rings (SSSR count). The van der Waals surface area contributed by atoms with Gasteiger partial charge >= 0.3 is 5.97 Å². The third-order valence-corrected chi connectivity index (χ3v) is 4.91. The lowest BCUT2D eigenvalue weighted by atomic mass is 9.49. The number of carboxylic acids is 1. The summed E-state index contributed by atoms with van der Waals surface area (Å²) in [5.74, 6) is 1.31. The molecule has 0 saturated heterocycles. The van der Waals surface area contributed by atoms with Crippen molar-refractivity contribution >= 4 is 11.9 Å². The molecule has 4 aliphatic carbocycles. The van der Waals surface area contributed by atoms with Gasteiger partial charge in [-0.1, -0.05) is 6.58 Å². The normalized spacial score (nSPS) is 38.3. The summed E-state index contributed by atoms with van der Waals surface area (Å²) in [6.07, 6.45) is 6.92. The predicted molar refractivity (Wildman–Crippen MR) is 72.2 cm³/mol. The molecule has 4 saturated carbocycles. The summed E-state index contributed by atoms with van der Waals surface area (Å²) in [4.78, 5) is 21.1. The SMILES string of the molecule is C=C(C)C(N)=O.O=C(O)C12CC3CC(CC(C3)C1)C2. The van der Waals surface area contributed by atoms with Crippen LogP contribution in [0.4, 0.5) is 0 Å². The van der Waals surface area contributed by atoms with E-state index in [1.807, 2.05) is 0 Å². The molecule has 0 aromatic rings. The average Bonchev–Trinajstić information content (AvgIpc) is 2.27. The molecule has 0 spiro atoms. The fourth-order valence-corrected chi connectivity index (χ4v) is 4.37. The third-order valence-electron chi connectivity index (χ3n) is 4.91. The number of hydrogen-bond acceptors (Lipinski definition) is 2. The lowest BCUT2D eigenvalue weighted by Crippen LogP contribution is -2.49. The highest BCUT2D eigenvalue weighted by Crippen LogP contribution is 2.59. The number of amides is 1. The van der Waals surface area contributed by atoms with Crippen LogP contribution in [0.1, 0.15) is 45.4 Å². The van der Waals surface area contributed by atoms with Crippen LogP contribution in [0.25, 0.3) is 0 Å². The first-order valence-corrected chi connectivity index (χ1v) is 7.01. The highest BCUT2D eigenvalue weighted by molar-refractivity contribution is 5.90. The number of rotatable bonds is 2. The highest BCUT2D eigenvalue weighted by Gasteiger charge is 2.54. The number of nitrogens with two attached hydrogens (primary N) is 1. The Morgan fingerprint density at radius 2 is 1.42 bits per heavy atom. The molecular formula is C15H23NO3. The van der Waals surface area contributed by atoms with E-state index in [0.29, 0.717) is 5.57 Å². The van der Waals surface area contributed by atoms with Crippen LogP contribution in [0.3, 0.4) is 0 Å². The van der Waals surface area contributed by atoms with Gasteiger partial charge in [0.2, 0.25) is 5.91 Å². The van der Waals surface area contributed by atoms with E-state index >= 15 is 0 Å². The minimum atomic E-state index is -0.508. The molecule has 0 heterocycles. The second kappa shape index (κ2) is 4.99. The first-order valence-electron chi connectivity index (χ1n) is 7.01. The van der Waals surface area contributed by atoms with Gasteiger partial charge in [-0.15, -0.1) is 0 Å². The van der Waals surface area contributed by atoms with E-state index in [0.717, 1.165) is 37.0 Å². The Morgan fingerprint density at radius 1 is 1.11 bits per heavy atom. The van der Waals surface area contributed by atoms with Crippen LogP contribution in [0.15, 0.2) is 12.2 Å². The van der Waals surface area contributed by atoms with Crippen molar-refractivity contribution in [3.63, 3.8) is 0 Å². The van der Waals surface area contributed by atoms with Crippen LogP contribution in [0.2, 0.25) is 0 Å². The largest absolute Gasteiger partial charge is 0.481 e. The second-order valence-electron chi connectivity index (χ2n) is 6.65. The Balaban J connectivity index is 0.000000192. The zero-order valence-corrected chi connectivity index (χ0v) is 11.5. The van der Waals surface area contributed by atoms with Crippen molar-refractivity contribution in [3.05, 3.63) is 12.2 Å². The zero-order valence-electron chi connectivity index (χ0n) is 11.5. The van der Waals surface area contributed by atoms with Crippen LogP contribution >= 0.6 is 0 Å². The van der Waals surface area contributed by atoms with Crippen LogP contribution in [0, 0.1) is 23.2 Å². The van der Waals surface area contributed by atoms with Crippen LogP contribution in [-0.4, -0.2) is 17.0 Å². The van der Waals surface area contributed by atoms with Gasteiger partial charge in [0, 0.05) is 5.57 Å². The van der Waals surface area contributed by atoms with Gasteiger partial charge in [0.05, 0.1) is 5.41 Å². The maximum Gasteiger partial charge on any atom is 0.309 e. The van der Waals surface area contributed by atoms with Gasteiger partial charge in [0.25, 0.3) is 0 Å². The first-order chi connectivity index (χ1) is 8.82. The lowest BCUT2D eigenvalue weighted by molar-refractivity contribution is -0.164. The Hall–Kier alpha value is -1.32. The van der Waals surface area contributed by atoms with Gasteiger partial charge in [-0.2, -0.15) is 0 Å². The smallest absolute Gasteiger partial charge is 0.309 e. The van der Waals surface area contributed by atoms with Crippen molar-refractivity contribution < 1.29 is 14.7 Å². The monoisotopic (exact) mass is 265 g/mol. The first kappa shape index (κ1) is 14.1. The van der Waals surface area contributed by atoms with Gasteiger partial charge in [-0.3, -0.25) is 9.59 Å². The number of primary amides is 1. The molecule has 4 heteroatoms. The molecule has 4 bridgehead atoms. The summed E-state index contributed by atoms with van der Waals surface area (Å²) in [7, 11) is 0. The van der Waals surface area contributed by atoms with Gasteiger partial charge in [-0.05, 0) is 63.2 Å². The molecule has 0 aromatic carbocycles. The molecule has 19 heavy (non-hydrogen) atoms. The minimum absolute atomic E-state index is 0.283. The van der Waals surface area contributed by atoms with Crippen molar-refractivity contribution in [2.24, 2.45) is 28.9 Å². The fraction of sp³-hybridized carbons (Fsp3) is 0.733. The number of aliphatic carboxylic acids is 1. The Labute approximate surface area is 114 Å². The highest BCUT2D eigenvalue weighted by atomic mass is 16.4. The molecule has 106 valence electrons. The van der Waals surface area contributed by atoms with E-state index in [9.17, 15) is 14.7 Å². The standard InChI is InChI=1S/C11H16O2.C4H7NO/c12-10(13)11-4-7-1-8(5-11)3-9(2-7)6-11;1-3(2)4(5)6/h7-9H,1-6H2,(H,12,13);1H2,2H3,(H2,5,6). The number of carboxylic acid groups (broad SMARTS) is 1. The van der Waals surface area contributed by atoms with Crippen molar-refractivity contribution in [1.29, 1.82) is 0 Å². The molecular weight excluding hydrogens is 242 g/mol. The molecule has 3 N–H and O–H groups in total. The zero-order chi connectivity index (χ0) is 14.2. The fourth-order valence-electron chi connectivity index (χ4n) is 4.37. The summed E-state index contributed by atoms with van der Waals surface area (Å²) in [6.45, 7) is 4.85. The van der Waals surface area contributed by atoms with E-state index in [2.05, 4.69) is 6.58 Å². The summed E-state index contributed by atoms with van der Waals surface area (Å²) in [5.41, 5.74) is 4.81. The Morgan fingerprint density at radius 3 is 1.63 bits per heavy atom. The number of carbonyl (C=O) groups excluding carboxylic acids is 1. The lowest BCUT2D eigenvalue weighted by Gasteiger charge is -2.54. The predicted octanol–water partition coefficient (Wildman–Crippen LogP) is 2.34. The summed E-state index contributed by atoms with van der Waals surface area (Å²) in [5, 5.41) is 9.28. The molecule has 4 fully saturated rings. The van der Waals surface area contributed by atoms with Crippen LogP contribution in [-0.2, 0) is 9.59 Å². The maximum absolute atomic E-state index is 11.3. The third kappa shape index (κ3) is 2.82. The molecule has 1 amide bonds. The van der Waals surface area contributed by atoms with E-state index < -0.39 is 11.9 Å². The van der Waals surface area contributed by atoms with Gasteiger partial charge < -0.3 is 10.8 Å². The summed E-state index contributed by atoms with van der Waals surface area (Å²) >= 11 is 0. The van der Waals surface area contributed by atoms with Crippen LogP contribution in [0.5, 0.6) is 0 Å². The summed E-state index contributed by atoms with van der Waals surface area (Å²) in [6, 6.07) is 0. The van der Waals surface area contributed by atoms with E-state index in [1.165, 1.54) is 19.3 Å². The maximum atomic E-state index is 11.3.